The van der Waals surface area contributed by atoms with Crippen molar-refractivity contribution in [3.05, 3.63) is 52.5 Å². The molecule has 0 spiro atoms. The molecule has 0 atom stereocenters. The largest absolute Gasteiger partial charge is 0.457 e. The number of rotatable bonds is 2. The maximum absolute atomic E-state index is 5.69. The molecule has 0 bridgehead atoms. The van der Waals surface area contributed by atoms with Crippen molar-refractivity contribution in [1.82, 2.24) is 0 Å². The molecule has 0 unspecified atom stereocenters. The van der Waals surface area contributed by atoms with E-state index in [9.17, 15) is 0 Å². The molecule has 2 nitrogen and oxygen atoms in total. The smallest absolute Gasteiger partial charge is 0.127 e. The summed E-state index contributed by atoms with van der Waals surface area (Å²) < 4.78 is 6.77. The van der Waals surface area contributed by atoms with E-state index in [1.54, 1.807) is 0 Å². The van der Waals surface area contributed by atoms with Crippen LogP contribution in [-0.2, 0) is 0 Å². The number of anilines is 1. The first kappa shape index (κ1) is 11.0. The van der Waals surface area contributed by atoms with Crippen molar-refractivity contribution in [2.45, 2.75) is 6.92 Å². The van der Waals surface area contributed by atoms with Crippen LogP contribution in [0.25, 0.3) is 0 Å². The van der Waals surface area contributed by atoms with E-state index in [1.807, 2.05) is 49.4 Å². The van der Waals surface area contributed by atoms with Gasteiger partial charge in [-0.05, 0) is 55.0 Å². The average Bonchev–Trinajstić information content (AvgIpc) is 2.27. The Morgan fingerprint density at radius 2 is 1.62 bits per heavy atom. The fraction of sp³-hybridized carbons (Fsp3) is 0.0769. The lowest BCUT2D eigenvalue weighted by Gasteiger charge is -2.07. The predicted molar refractivity (Wildman–Crippen MR) is 69.8 cm³/mol. The number of benzene rings is 2. The third-order valence-electron chi connectivity index (χ3n) is 2.25. The number of nitrogen functional groups attached to an aromatic ring is 1. The van der Waals surface area contributed by atoms with Gasteiger partial charge >= 0.3 is 0 Å². The second kappa shape index (κ2) is 4.58. The Hall–Kier alpha value is -1.48. The fourth-order valence-corrected chi connectivity index (χ4v) is 1.60. The lowest BCUT2D eigenvalue weighted by atomic mass is 10.2. The van der Waals surface area contributed by atoms with Crippen LogP contribution in [-0.4, -0.2) is 0 Å². The van der Waals surface area contributed by atoms with E-state index in [0.29, 0.717) is 0 Å². The van der Waals surface area contributed by atoms with Crippen LogP contribution in [0.2, 0.25) is 0 Å². The average molecular weight is 278 g/mol. The maximum Gasteiger partial charge on any atom is 0.127 e. The van der Waals surface area contributed by atoms with Crippen LogP contribution < -0.4 is 10.5 Å². The van der Waals surface area contributed by atoms with Crippen molar-refractivity contribution in [1.29, 1.82) is 0 Å². The monoisotopic (exact) mass is 277 g/mol. The van der Waals surface area contributed by atoms with Crippen LogP contribution in [0.5, 0.6) is 11.5 Å². The van der Waals surface area contributed by atoms with Crippen molar-refractivity contribution in [2.24, 2.45) is 0 Å². The second-order valence-corrected chi connectivity index (χ2v) is 4.44. The molecule has 0 saturated carbocycles. The van der Waals surface area contributed by atoms with Crippen LogP contribution in [0.15, 0.2) is 46.9 Å². The summed E-state index contributed by atoms with van der Waals surface area (Å²) in [6.07, 6.45) is 0. The van der Waals surface area contributed by atoms with Crippen LogP contribution in [0.1, 0.15) is 5.56 Å². The number of hydrogen-bond acceptors (Lipinski definition) is 2. The molecule has 2 rings (SSSR count). The first-order valence-electron chi connectivity index (χ1n) is 4.95. The Kier molecular flexibility index (Phi) is 3.15. The highest BCUT2D eigenvalue weighted by Gasteiger charge is 1.99. The first-order valence-corrected chi connectivity index (χ1v) is 5.74. The highest BCUT2D eigenvalue weighted by atomic mass is 79.9. The zero-order valence-electron chi connectivity index (χ0n) is 8.91. The van der Waals surface area contributed by atoms with Gasteiger partial charge < -0.3 is 10.5 Å². The van der Waals surface area contributed by atoms with E-state index >= 15 is 0 Å². The highest BCUT2D eigenvalue weighted by molar-refractivity contribution is 9.10. The SMILES string of the molecule is Cc1cc(Oc2ccc(N)cc2)ccc1Br. The Labute approximate surface area is 103 Å². The summed E-state index contributed by atoms with van der Waals surface area (Å²) in [5.74, 6) is 1.61. The molecule has 0 aromatic heterocycles. The molecule has 0 aliphatic rings. The van der Waals surface area contributed by atoms with Gasteiger partial charge in [0.25, 0.3) is 0 Å². The zero-order valence-corrected chi connectivity index (χ0v) is 10.5. The summed E-state index contributed by atoms with van der Waals surface area (Å²) in [6, 6.07) is 13.2. The van der Waals surface area contributed by atoms with E-state index in [2.05, 4.69) is 15.9 Å². The minimum Gasteiger partial charge on any atom is -0.457 e. The lowest BCUT2D eigenvalue weighted by Crippen LogP contribution is -1.87. The van der Waals surface area contributed by atoms with Gasteiger partial charge in [0.05, 0.1) is 0 Å². The van der Waals surface area contributed by atoms with Crippen molar-refractivity contribution in [3.63, 3.8) is 0 Å². The summed E-state index contributed by atoms with van der Waals surface area (Å²) in [7, 11) is 0. The van der Waals surface area contributed by atoms with Gasteiger partial charge in [-0.2, -0.15) is 0 Å². The molecule has 2 N–H and O–H groups in total. The molecule has 82 valence electrons. The normalized spacial score (nSPS) is 10.1. The zero-order chi connectivity index (χ0) is 11.5. The van der Waals surface area contributed by atoms with Gasteiger partial charge in [-0.25, -0.2) is 0 Å². The van der Waals surface area contributed by atoms with Crippen molar-refractivity contribution in [2.75, 3.05) is 5.73 Å². The van der Waals surface area contributed by atoms with Gasteiger partial charge in [-0.15, -0.1) is 0 Å². The highest BCUT2D eigenvalue weighted by Crippen LogP contribution is 2.26. The van der Waals surface area contributed by atoms with E-state index < -0.39 is 0 Å². The lowest BCUT2D eigenvalue weighted by molar-refractivity contribution is 0.482. The summed E-state index contributed by atoms with van der Waals surface area (Å²) in [4.78, 5) is 0. The van der Waals surface area contributed by atoms with Gasteiger partial charge in [-0.3, -0.25) is 0 Å². The van der Waals surface area contributed by atoms with Crippen LogP contribution in [0.3, 0.4) is 0 Å². The number of halogens is 1. The first-order chi connectivity index (χ1) is 7.65. The second-order valence-electron chi connectivity index (χ2n) is 3.58. The molecular weight excluding hydrogens is 266 g/mol. The summed E-state index contributed by atoms with van der Waals surface area (Å²) in [6.45, 7) is 2.03. The minimum absolute atomic E-state index is 0.735. The molecule has 0 radical (unpaired) electrons. The molecule has 0 aliphatic carbocycles. The Morgan fingerprint density at radius 3 is 2.25 bits per heavy atom. The fourth-order valence-electron chi connectivity index (χ4n) is 1.35. The van der Waals surface area contributed by atoms with Crippen LogP contribution >= 0.6 is 15.9 Å². The van der Waals surface area contributed by atoms with E-state index in [4.69, 9.17) is 10.5 Å². The third-order valence-corrected chi connectivity index (χ3v) is 3.13. The maximum atomic E-state index is 5.69. The van der Waals surface area contributed by atoms with E-state index in [0.717, 1.165) is 27.2 Å². The molecular formula is C13H12BrNO. The Balaban J connectivity index is 2.20. The molecule has 2 aromatic carbocycles. The van der Waals surface area contributed by atoms with E-state index in [1.165, 1.54) is 0 Å². The Bertz CT molecular complexity index is 494. The summed E-state index contributed by atoms with van der Waals surface area (Å²) in [5.41, 5.74) is 7.48. The molecule has 16 heavy (non-hydrogen) atoms. The molecule has 0 aliphatic heterocycles. The van der Waals surface area contributed by atoms with Gasteiger partial charge in [-0.1, -0.05) is 15.9 Å². The number of ether oxygens (including phenoxy) is 1. The van der Waals surface area contributed by atoms with Gasteiger partial charge in [0.2, 0.25) is 0 Å². The third kappa shape index (κ3) is 2.55. The molecule has 0 heterocycles. The quantitative estimate of drug-likeness (QED) is 0.838. The topological polar surface area (TPSA) is 35.2 Å². The molecule has 0 amide bonds. The standard InChI is InChI=1S/C13H12BrNO/c1-9-8-12(6-7-13(9)14)16-11-4-2-10(15)3-5-11/h2-8H,15H2,1H3. The predicted octanol–water partition coefficient (Wildman–Crippen LogP) is 4.13. The summed E-state index contributed by atoms with van der Waals surface area (Å²) >= 11 is 3.45. The van der Waals surface area contributed by atoms with Crippen molar-refractivity contribution < 1.29 is 4.74 Å². The van der Waals surface area contributed by atoms with Crippen molar-refractivity contribution >= 4 is 21.6 Å². The Morgan fingerprint density at radius 1 is 1.00 bits per heavy atom. The van der Waals surface area contributed by atoms with Gasteiger partial charge in [0, 0.05) is 10.2 Å². The number of nitrogens with two attached hydrogens (primary N) is 1. The number of hydrogen-bond donors (Lipinski definition) is 1. The van der Waals surface area contributed by atoms with Crippen molar-refractivity contribution in [3.8, 4) is 11.5 Å². The molecule has 3 heteroatoms. The molecule has 0 fully saturated rings. The van der Waals surface area contributed by atoms with Crippen LogP contribution in [0, 0.1) is 6.92 Å². The van der Waals surface area contributed by atoms with Crippen LogP contribution in [0.4, 0.5) is 5.69 Å². The van der Waals surface area contributed by atoms with E-state index in [-0.39, 0.29) is 0 Å². The molecule has 0 saturated heterocycles. The minimum atomic E-state index is 0.735. The number of aryl methyl sites for hydroxylation is 1. The van der Waals surface area contributed by atoms with Gasteiger partial charge in [0.15, 0.2) is 0 Å². The summed E-state index contributed by atoms with van der Waals surface area (Å²) in [5, 5.41) is 0. The molecule has 2 aromatic rings. The van der Waals surface area contributed by atoms with Gasteiger partial charge in [0.1, 0.15) is 11.5 Å².